The van der Waals surface area contributed by atoms with E-state index in [9.17, 15) is 9.59 Å². The molecule has 2 saturated heterocycles. The normalized spacial score (nSPS) is 30.0. The van der Waals surface area contributed by atoms with Crippen LogP contribution in [0.1, 0.15) is 83.1 Å². The predicted octanol–water partition coefficient (Wildman–Crippen LogP) is 5.42. The summed E-state index contributed by atoms with van der Waals surface area (Å²) in [5.41, 5.74) is 1.66. The summed E-state index contributed by atoms with van der Waals surface area (Å²) in [6.07, 6.45) is 18.4. The fourth-order valence-corrected chi connectivity index (χ4v) is 5.77. The van der Waals surface area contributed by atoms with Gasteiger partial charge in [-0.1, -0.05) is 23.8 Å². The maximum absolute atomic E-state index is 12.4. The van der Waals surface area contributed by atoms with Gasteiger partial charge >= 0.3 is 5.97 Å². The Morgan fingerprint density at radius 3 is 2.63 bits per heavy atom. The molecule has 1 saturated carbocycles. The zero-order valence-corrected chi connectivity index (χ0v) is 23.6. The minimum atomic E-state index is -0.484. The maximum Gasteiger partial charge on any atom is 0.355 e. The number of hydrogen-bond acceptors (Lipinski definition) is 5. The molecule has 0 bridgehead atoms. The molecule has 0 radical (unpaired) electrons. The number of aromatic nitrogens is 1. The highest BCUT2D eigenvalue weighted by Crippen LogP contribution is 2.46. The molecular weight excluding hydrogens is 480 g/mol. The van der Waals surface area contributed by atoms with Gasteiger partial charge < -0.3 is 24.1 Å². The van der Waals surface area contributed by atoms with Crippen LogP contribution < -0.4 is 5.32 Å². The molecule has 7 heteroatoms. The summed E-state index contributed by atoms with van der Waals surface area (Å²) in [6, 6.07) is 3.69. The summed E-state index contributed by atoms with van der Waals surface area (Å²) in [6.45, 7) is 9.07. The van der Waals surface area contributed by atoms with Crippen LogP contribution in [0.15, 0.2) is 54.3 Å². The van der Waals surface area contributed by atoms with Gasteiger partial charge in [0.05, 0.1) is 23.9 Å². The highest BCUT2D eigenvalue weighted by molar-refractivity contribution is 5.89. The first-order chi connectivity index (χ1) is 18.0. The number of esters is 1. The van der Waals surface area contributed by atoms with Gasteiger partial charge in [-0.15, -0.1) is 0 Å². The third-order valence-electron chi connectivity index (χ3n) is 7.85. The Balaban J connectivity index is 1.14. The van der Waals surface area contributed by atoms with Crippen LogP contribution in [0.3, 0.4) is 0 Å². The number of epoxide rings is 1. The topological polar surface area (TPSA) is 82.1 Å². The molecule has 3 atom stereocenters. The van der Waals surface area contributed by atoms with Gasteiger partial charge in [0, 0.05) is 38.2 Å². The van der Waals surface area contributed by atoms with Crippen molar-refractivity contribution in [1.82, 2.24) is 9.88 Å². The standard InChI is InChI=1S/C31H44N2O5/c1-22(9-16-26-19-31(21-36-31)20-30(3,4)38-26)8-11-24-12-14-25(15-13-24)32-28(34)17-10-23(2)37-29(35)27-7-6-18-33(27)5/h6-10,16-18,23-26H,11-15,19-21H2,1-5H3,(H,32,34)/b16-9+,17-10-,22-8+/t23-,24-,25+,26+,31+/m0/s1. The van der Waals surface area contributed by atoms with E-state index < -0.39 is 12.1 Å². The van der Waals surface area contributed by atoms with Crippen LogP contribution in [-0.4, -0.2) is 52.5 Å². The van der Waals surface area contributed by atoms with Crippen LogP contribution in [0.25, 0.3) is 0 Å². The zero-order valence-electron chi connectivity index (χ0n) is 23.6. The van der Waals surface area contributed by atoms with E-state index >= 15 is 0 Å². The molecule has 7 nitrogen and oxygen atoms in total. The number of ether oxygens (including phenoxy) is 3. The monoisotopic (exact) mass is 524 g/mol. The first-order valence-corrected chi connectivity index (χ1v) is 14.0. The van der Waals surface area contributed by atoms with Crippen molar-refractivity contribution in [2.24, 2.45) is 13.0 Å². The minimum absolute atomic E-state index is 0.0471. The van der Waals surface area contributed by atoms with E-state index in [1.54, 1.807) is 42.9 Å². The van der Waals surface area contributed by atoms with Crippen LogP contribution in [0.2, 0.25) is 0 Å². The number of nitrogens with one attached hydrogen (secondary N) is 1. The van der Waals surface area contributed by atoms with E-state index in [2.05, 4.69) is 44.3 Å². The number of amides is 1. The van der Waals surface area contributed by atoms with Crippen LogP contribution in [0, 0.1) is 5.92 Å². The van der Waals surface area contributed by atoms with Crippen molar-refractivity contribution in [3.8, 4) is 0 Å². The van der Waals surface area contributed by atoms with E-state index in [1.807, 2.05) is 0 Å². The number of allylic oxidation sites excluding steroid dienone is 3. The van der Waals surface area contributed by atoms with Crippen molar-refractivity contribution in [3.05, 3.63) is 60.0 Å². The Kier molecular flexibility index (Phi) is 8.99. The van der Waals surface area contributed by atoms with E-state index in [-0.39, 0.29) is 29.3 Å². The molecule has 1 spiro atoms. The van der Waals surface area contributed by atoms with Crippen molar-refractivity contribution in [1.29, 1.82) is 0 Å². The zero-order chi connectivity index (χ0) is 27.3. The van der Waals surface area contributed by atoms with Crippen LogP contribution in [-0.2, 0) is 26.1 Å². The Labute approximate surface area is 227 Å². The third-order valence-corrected chi connectivity index (χ3v) is 7.85. The molecular formula is C31H44N2O5. The number of rotatable bonds is 9. The number of carbonyl (C=O) groups excluding carboxylic acids is 2. The minimum Gasteiger partial charge on any atom is -0.454 e. The molecule has 208 valence electrons. The van der Waals surface area contributed by atoms with Gasteiger partial charge in [0.2, 0.25) is 5.91 Å². The maximum atomic E-state index is 12.4. The lowest BCUT2D eigenvalue weighted by Crippen LogP contribution is -2.43. The van der Waals surface area contributed by atoms with E-state index in [0.29, 0.717) is 11.6 Å². The molecule has 1 aromatic heterocycles. The molecule has 4 rings (SSSR count). The van der Waals surface area contributed by atoms with Crippen molar-refractivity contribution in [3.63, 3.8) is 0 Å². The number of carbonyl (C=O) groups is 2. The van der Waals surface area contributed by atoms with Gasteiger partial charge in [-0.2, -0.15) is 0 Å². The average molecular weight is 525 g/mol. The molecule has 38 heavy (non-hydrogen) atoms. The summed E-state index contributed by atoms with van der Waals surface area (Å²) in [7, 11) is 1.79. The first-order valence-electron chi connectivity index (χ1n) is 14.0. The SMILES string of the molecule is CC(/C=C/[C@@H]1C[C@]2(CO2)CC(C)(C)O1)=C\C[C@H]1CC[C@@H](NC(=O)/C=C\[C@H](C)OC(=O)c2cccn2C)CC1. The molecule has 3 heterocycles. The Hall–Kier alpha value is -2.64. The summed E-state index contributed by atoms with van der Waals surface area (Å²) < 4.78 is 19.1. The Morgan fingerprint density at radius 2 is 1.97 bits per heavy atom. The van der Waals surface area contributed by atoms with Crippen LogP contribution in [0.4, 0.5) is 0 Å². The summed E-state index contributed by atoms with van der Waals surface area (Å²) in [5, 5.41) is 3.10. The molecule has 1 aromatic rings. The highest BCUT2D eigenvalue weighted by atomic mass is 16.6. The molecule has 0 unspecified atom stereocenters. The largest absolute Gasteiger partial charge is 0.454 e. The van der Waals surface area contributed by atoms with Gasteiger partial charge in [-0.3, -0.25) is 4.79 Å². The lowest BCUT2D eigenvalue weighted by atomic mass is 9.83. The van der Waals surface area contributed by atoms with Gasteiger partial charge in [0.1, 0.15) is 11.8 Å². The fourth-order valence-electron chi connectivity index (χ4n) is 5.77. The van der Waals surface area contributed by atoms with Gasteiger partial charge in [0.15, 0.2) is 0 Å². The second kappa shape index (κ2) is 12.0. The highest BCUT2D eigenvalue weighted by Gasteiger charge is 2.53. The Morgan fingerprint density at radius 1 is 1.24 bits per heavy atom. The summed E-state index contributed by atoms with van der Waals surface area (Å²) in [4.78, 5) is 24.6. The van der Waals surface area contributed by atoms with Crippen LogP contribution in [0.5, 0.6) is 0 Å². The van der Waals surface area contributed by atoms with Gasteiger partial charge in [0.25, 0.3) is 0 Å². The Bertz CT molecular complexity index is 1060. The fraction of sp³-hybridized carbons (Fsp3) is 0.613. The molecule has 1 N–H and O–H groups in total. The molecule has 0 aromatic carbocycles. The average Bonchev–Trinajstić information content (AvgIpc) is 3.43. The lowest BCUT2D eigenvalue weighted by molar-refractivity contribution is -0.117. The van der Waals surface area contributed by atoms with Crippen molar-refractivity contribution < 1.29 is 23.8 Å². The second-order valence-corrected chi connectivity index (χ2v) is 12.0. The summed E-state index contributed by atoms with van der Waals surface area (Å²) >= 11 is 0. The summed E-state index contributed by atoms with van der Waals surface area (Å²) in [5.74, 6) is 0.107. The van der Waals surface area contributed by atoms with Gasteiger partial charge in [-0.05, 0) is 83.9 Å². The molecule has 2 aliphatic heterocycles. The van der Waals surface area contributed by atoms with Crippen LogP contribution >= 0.6 is 0 Å². The number of hydrogen-bond donors (Lipinski definition) is 1. The molecule has 3 aliphatic rings. The van der Waals surface area contributed by atoms with Crippen molar-refractivity contribution >= 4 is 11.9 Å². The van der Waals surface area contributed by atoms with Crippen molar-refractivity contribution in [2.45, 2.75) is 102 Å². The second-order valence-electron chi connectivity index (χ2n) is 12.0. The van der Waals surface area contributed by atoms with E-state index in [0.717, 1.165) is 51.6 Å². The van der Waals surface area contributed by atoms with Crippen molar-refractivity contribution in [2.75, 3.05) is 6.61 Å². The number of nitrogens with zero attached hydrogens (tertiary/aromatic N) is 1. The molecule has 1 amide bonds. The predicted molar refractivity (Wildman–Crippen MR) is 148 cm³/mol. The lowest BCUT2D eigenvalue weighted by Gasteiger charge is -2.38. The quantitative estimate of drug-likeness (QED) is 0.202. The molecule has 1 aliphatic carbocycles. The number of aryl methyl sites for hydroxylation is 1. The van der Waals surface area contributed by atoms with E-state index in [4.69, 9.17) is 14.2 Å². The smallest absolute Gasteiger partial charge is 0.355 e. The van der Waals surface area contributed by atoms with E-state index in [1.165, 1.54) is 11.6 Å². The third kappa shape index (κ3) is 8.18. The van der Waals surface area contributed by atoms with Gasteiger partial charge in [-0.25, -0.2) is 4.79 Å². The molecule has 3 fully saturated rings. The first kappa shape index (κ1) is 28.4.